The van der Waals surface area contributed by atoms with E-state index in [4.69, 9.17) is 10.5 Å². The maximum Gasteiger partial charge on any atom is 0.204 e. The third kappa shape index (κ3) is 2.35. The first kappa shape index (κ1) is 12.9. The van der Waals surface area contributed by atoms with Gasteiger partial charge in [0.1, 0.15) is 6.33 Å². The molecular formula is C13H22N4O. The maximum absolute atomic E-state index is 5.83. The van der Waals surface area contributed by atoms with E-state index in [9.17, 15) is 0 Å². The topological polar surface area (TPSA) is 64.3 Å². The van der Waals surface area contributed by atoms with Crippen LogP contribution in [0.25, 0.3) is 0 Å². The average Bonchev–Trinajstić information content (AvgIpc) is 2.38. The SMILES string of the molecule is COc1c(N)ncnc1N(C)C1CCCCC1C. The van der Waals surface area contributed by atoms with E-state index in [0.29, 0.717) is 23.5 Å². The van der Waals surface area contributed by atoms with Crippen molar-refractivity contribution in [3.8, 4) is 5.75 Å². The first-order chi connectivity index (χ1) is 8.65. The second kappa shape index (κ2) is 5.42. The van der Waals surface area contributed by atoms with Gasteiger partial charge in [0.25, 0.3) is 0 Å². The van der Waals surface area contributed by atoms with E-state index in [1.807, 2.05) is 0 Å². The Morgan fingerprint density at radius 2 is 2.06 bits per heavy atom. The Morgan fingerprint density at radius 3 is 2.72 bits per heavy atom. The largest absolute Gasteiger partial charge is 0.490 e. The van der Waals surface area contributed by atoms with Gasteiger partial charge in [0.05, 0.1) is 7.11 Å². The van der Waals surface area contributed by atoms with Crippen molar-refractivity contribution in [1.29, 1.82) is 0 Å². The van der Waals surface area contributed by atoms with Crippen molar-refractivity contribution in [2.45, 2.75) is 38.6 Å². The lowest BCUT2D eigenvalue weighted by Crippen LogP contribution is -2.39. The zero-order chi connectivity index (χ0) is 13.1. The molecule has 0 radical (unpaired) electrons. The summed E-state index contributed by atoms with van der Waals surface area (Å²) in [4.78, 5) is 10.5. The number of anilines is 2. The smallest absolute Gasteiger partial charge is 0.204 e. The Morgan fingerprint density at radius 1 is 1.33 bits per heavy atom. The minimum absolute atomic E-state index is 0.401. The first-order valence-electron chi connectivity index (χ1n) is 6.52. The van der Waals surface area contributed by atoms with Gasteiger partial charge in [-0.15, -0.1) is 0 Å². The third-order valence-corrected chi connectivity index (χ3v) is 3.91. The van der Waals surface area contributed by atoms with Crippen molar-refractivity contribution >= 4 is 11.6 Å². The van der Waals surface area contributed by atoms with Crippen LogP contribution in [0.15, 0.2) is 6.33 Å². The number of nitrogens with zero attached hydrogens (tertiary/aromatic N) is 3. The van der Waals surface area contributed by atoms with Crippen LogP contribution >= 0.6 is 0 Å². The summed E-state index contributed by atoms with van der Waals surface area (Å²) >= 11 is 0. The van der Waals surface area contributed by atoms with Crippen LogP contribution in [0.5, 0.6) is 5.75 Å². The molecule has 2 unspecified atom stereocenters. The second-order valence-corrected chi connectivity index (χ2v) is 5.06. The number of aromatic nitrogens is 2. The lowest BCUT2D eigenvalue weighted by Gasteiger charge is -2.37. The standard InChI is InChI=1S/C13H22N4O/c1-9-6-4-5-7-10(9)17(2)13-11(18-3)12(14)15-8-16-13/h8-10H,4-7H2,1-3H3,(H2,14,15,16). The highest BCUT2D eigenvalue weighted by Gasteiger charge is 2.28. The van der Waals surface area contributed by atoms with Crippen LogP contribution in [-0.4, -0.2) is 30.2 Å². The van der Waals surface area contributed by atoms with Crippen LogP contribution in [0.2, 0.25) is 0 Å². The summed E-state index contributed by atoms with van der Waals surface area (Å²) in [5, 5.41) is 0. The fourth-order valence-corrected chi connectivity index (χ4v) is 2.85. The maximum atomic E-state index is 5.83. The normalized spacial score (nSPS) is 23.7. The summed E-state index contributed by atoms with van der Waals surface area (Å²) in [5.74, 6) is 2.45. The highest BCUT2D eigenvalue weighted by atomic mass is 16.5. The van der Waals surface area contributed by atoms with Crippen molar-refractivity contribution in [2.24, 2.45) is 5.92 Å². The predicted molar refractivity (Wildman–Crippen MR) is 72.8 cm³/mol. The Hall–Kier alpha value is -1.52. The van der Waals surface area contributed by atoms with Crippen LogP contribution < -0.4 is 15.4 Å². The molecule has 1 aromatic heterocycles. The average molecular weight is 250 g/mol. The van der Waals surface area contributed by atoms with Gasteiger partial charge in [-0.3, -0.25) is 0 Å². The predicted octanol–water partition coefficient (Wildman–Crippen LogP) is 2.08. The molecule has 0 bridgehead atoms. The van der Waals surface area contributed by atoms with Gasteiger partial charge in [-0.25, -0.2) is 9.97 Å². The number of hydrogen-bond donors (Lipinski definition) is 1. The first-order valence-corrected chi connectivity index (χ1v) is 6.52. The van der Waals surface area contributed by atoms with E-state index in [0.717, 1.165) is 5.82 Å². The van der Waals surface area contributed by atoms with Crippen molar-refractivity contribution in [2.75, 3.05) is 24.8 Å². The minimum atomic E-state index is 0.401. The Balaban J connectivity index is 2.27. The summed E-state index contributed by atoms with van der Waals surface area (Å²) in [7, 11) is 3.67. The van der Waals surface area contributed by atoms with Crippen molar-refractivity contribution in [1.82, 2.24) is 9.97 Å². The van der Waals surface area contributed by atoms with Gasteiger partial charge in [-0.1, -0.05) is 19.8 Å². The number of methoxy groups -OCH3 is 1. The molecule has 0 aliphatic heterocycles. The van der Waals surface area contributed by atoms with E-state index in [-0.39, 0.29) is 0 Å². The summed E-state index contributed by atoms with van der Waals surface area (Å²) in [5.41, 5.74) is 5.83. The molecule has 2 rings (SSSR count). The van der Waals surface area contributed by atoms with E-state index >= 15 is 0 Å². The minimum Gasteiger partial charge on any atom is -0.490 e. The molecule has 1 heterocycles. The van der Waals surface area contributed by atoms with Crippen molar-refractivity contribution < 1.29 is 4.74 Å². The molecule has 1 aromatic rings. The zero-order valence-electron chi connectivity index (χ0n) is 11.4. The van der Waals surface area contributed by atoms with Crippen molar-refractivity contribution in [3.63, 3.8) is 0 Å². The highest BCUT2D eigenvalue weighted by Crippen LogP contribution is 2.35. The van der Waals surface area contributed by atoms with E-state index in [1.165, 1.54) is 32.0 Å². The number of hydrogen-bond acceptors (Lipinski definition) is 5. The number of nitrogens with two attached hydrogens (primary N) is 1. The summed E-state index contributed by atoms with van der Waals surface area (Å²) in [6.07, 6.45) is 6.58. The molecule has 1 saturated carbocycles. The quantitative estimate of drug-likeness (QED) is 0.889. The molecule has 0 saturated heterocycles. The van der Waals surface area contributed by atoms with Gasteiger partial charge in [-0.05, 0) is 18.8 Å². The van der Waals surface area contributed by atoms with Gasteiger partial charge in [0.15, 0.2) is 11.6 Å². The highest BCUT2D eigenvalue weighted by molar-refractivity contribution is 5.62. The summed E-state index contributed by atoms with van der Waals surface area (Å²) < 4.78 is 5.33. The summed E-state index contributed by atoms with van der Waals surface area (Å²) in [6, 6.07) is 0.502. The lowest BCUT2D eigenvalue weighted by atomic mass is 9.85. The van der Waals surface area contributed by atoms with E-state index < -0.39 is 0 Å². The van der Waals surface area contributed by atoms with Gasteiger partial charge < -0.3 is 15.4 Å². The van der Waals surface area contributed by atoms with Gasteiger partial charge in [0.2, 0.25) is 5.75 Å². The van der Waals surface area contributed by atoms with Crippen molar-refractivity contribution in [3.05, 3.63) is 6.33 Å². The summed E-state index contributed by atoms with van der Waals surface area (Å²) in [6.45, 7) is 2.30. The molecule has 100 valence electrons. The molecule has 0 amide bonds. The molecular weight excluding hydrogens is 228 g/mol. The van der Waals surface area contributed by atoms with Crippen LogP contribution in [0.4, 0.5) is 11.6 Å². The molecule has 18 heavy (non-hydrogen) atoms. The second-order valence-electron chi connectivity index (χ2n) is 5.06. The molecule has 5 heteroatoms. The van der Waals surface area contributed by atoms with Crippen LogP contribution in [0, 0.1) is 5.92 Å². The molecule has 1 fully saturated rings. The molecule has 0 spiro atoms. The lowest BCUT2D eigenvalue weighted by molar-refractivity contribution is 0.317. The van der Waals surface area contributed by atoms with Crippen LogP contribution in [-0.2, 0) is 0 Å². The molecule has 2 atom stereocenters. The fraction of sp³-hybridized carbons (Fsp3) is 0.692. The monoisotopic (exact) mass is 250 g/mol. The number of rotatable bonds is 3. The van der Waals surface area contributed by atoms with Gasteiger partial charge in [-0.2, -0.15) is 0 Å². The van der Waals surface area contributed by atoms with E-state index in [2.05, 4.69) is 28.8 Å². The Kier molecular flexibility index (Phi) is 3.89. The zero-order valence-corrected chi connectivity index (χ0v) is 11.4. The Labute approximate surface area is 108 Å². The molecule has 1 aliphatic rings. The van der Waals surface area contributed by atoms with Crippen LogP contribution in [0.1, 0.15) is 32.6 Å². The molecule has 1 aliphatic carbocycles. The van der Waals surface area contributed by atoms with Crippen LogP contribution in [0.3, 0.4) is 0 Å². The molecule has 0 aromatic carbocycles. The number of ether oxygens (including phenoxy) is 1. The third-order valence-electron chi connectivity index (χ3n) is 3.91. The van der Waals surface area contributed by atoms with Gasteiger partial charge >= 0.3 is 0 Å². The fourth-order valence-electron chi connectivity index (χ4n) is 2.85. The number of nitrogen functional groups attached to an aromatic ring is 1. The molecule has 2 N–H and O–H groups in total. The van der Waals surface area contributed by atoms with Gasteiger partial charge in [0, 0.05) is 13.1 Å². The van der Waals surface area contributed by atoms with E-state index in [1.54, 1.807) is 7.11 Å². The molecule has 5 nitrogen and oxygen atoms in total. The Bertz CT molecular complexity index is 410.